The van der Waals surface area contributed by atoms with Crippen molar-refractivity contribution in [3.8, 4) is 5.88 Å². The first-order valence-corrected chi connectivity index (χ1v) is 10.3. The molecule has 2 aromatic rings. The summed E-state index contributed by atoms with van der Waals surface area (Å²) in [4.78, 5) is 18.5. The van der Waals surface area contributed by atoms with Crippen molar-refractivity contribution >= 4 is 29.1 Å². The van der Waals surface area contributed by atoms with Crippen LogP contribution in [-0.4, -0.2) is 53.1 Å². The molecule has 2 aromatic heterocycles. The Hall–Kier alpha value is -2.65. The number of pyridine rings is 1. The highest BCUT2D eigenvalue weighted by molar-refractivity contribution is 6.29. The van der Waals surface area contributed by atoms with Crippen molar-refractivity contribution in [1.82, 2.24) is 20.5 Å². The third kappa shape index (κ3) is 5.93. The van der Waals surface area contributed by atoms with Crippen molar-refractivity contribution in [2.75, 3.05) is 29.9 Å². The van der Waals surface area contributed by atoms with Gasteiger partial charge in [-0.1, -0.05) is 11.6 Å². The fraction of sp³-hybridized carbons (Fsp3) is 0.500. The SMILES string of the molecule is CCOc1cc(NC(=O)NCc2cc(C)c(N3CC(C)OC(C)C3)nn2)cc(Cl)n1. The van der Waals surface area contributed by atoms with E-state index in [9.17, 15) is 4.79 Å². The molecule has 2 atom stereocenters. The summed E-state index contributed by atoms with van der Waals surface area (Å²) in [5.74, 6) is 1.20. The molecular formula is C20H27ClN6O3. The van der Waals surface area contributed by atoms with Gasteiger partial charge in [0, 0.05) is 19.2 Å². The molecule has 0 bridgehead atoms. The summed E-state index contributed by atoms with van der Waals surface area (Å²) in [6, 6.07) is 4.70. The maximum absolute atomic E-state index is 12.2. The maximum atomic E-state index is 12.2. The van der Waals surface area contributed by atoms with E-state index in [0.29, 0.717) is 23.9 Å². The predicted molar refractivity (Wildman–Crippen MR) is 115 cm³/mol. The second-order valence-electron chi connectivity index (χ2n) is 7.26. The van der Waals surface area contributed by atoms with Crippen LogP contribution in [0.3, 0.4) is 0 Å². The van der Waals surface area contributed by atoms with Gasteiger partial charge in [-0.15, -0.1) is 5.10 Å². The molecule has 0 radical (unpaired) electrons. The van der Waals surface area contributed by atoms with E-state index in [0.717, 1.165) is 24.5 Å². The fourth-order valence-electron chi connectivity index (χ4n) is 3.40. The summed E-state index contributed by atoms with van der Waals surface area (Å²) in [6.45, 7) is 10.2. The Bertz CT molecular complexity index is 887. The van der Waals surface area contributed by atoms with Gasteiger partial charge in [0.2, 0.25) is 5.88 Å². The lowest BCUT2D eigenvalue weighted by atomic mass is 10.2. The number of urea groups is 1. The van der Waals surface area contributed by atoms with Crippen LogP contribution in [0.2, 0.25) is 5.15 Å². The van der Waals surface area contributed by atoms with Crippen LogP contribution >= 0.6 is 11.6 Å². The average Bonchev–Trinajstić information content (AvgIpc) is 2.65. The van der Waals surface area contributed by atoms with E-state index in [2.05, 4.69) is 44.6 Å². The lowest BCUT2D eigenvalue weighted by Crippen LogP contribution is -2.46. The highest BCUT2D eigenvalue weighted by Gasteiger charge is 2.24. The molecule has 0 spiro atoms. The molecule has 0 aliphatic carbocycles. The Labute approximate surface area is 181 Å². The minimum Gasteiger partial charge on any atom is -0.478 e. The van der Waals surface area contributed by atoms with E-state index in [-0.39, 0.29) is 29.9 Å². The quantitative estimate of drug-likeness (QED) is 0.673. The standard InChI is InChI=1S/C20H27ClN6O3/c1-5-29-18-8-15(7-17(21)24-18)23-20(28)22-9-16-6-12(2)19(26-25-16)27-10-13(3)30-14(4)11-27/h6-8,13-14H,5,9-11H2,1-4H3,(H2,22,23,24,28). The number of nitrogens with one attached hydrogen (secondary N) is 2. The third-order valence-corrected chi connectivity index (χ3v) is 4.67. The minimum absolute atomic E-state index is 0.143. The Kier molecular flexibility index (Phi) is 7.28. The second-order valence-corrected chi connectivity index (χ2v) is 7.65. The fourth-order valence-corrected chi connectivity index (χ4v) is 3.60. The maximum Gasteiger partial charge on any atom is 0.319 e. The van der Waals surface area contributed by atoms with Gasteiger partial charge in [-0.3, -0.25) is 0 Å². The van der Waals surface area contributed by atoms with E-state index < -0.39 is 0 Å². The third-order valence-electron chi connectivity index (χ3n) is 4.48. The van der Waals surface area contributed by atoms with Gasteiger partial charge < -0.3 is 25.0 Å². The number of ether oxygens (including phenoxy) is 2. The van der Waals surface area contributed by atoms with Gasteiger partial charge in [-0.05, 0) is 45.4 Å². The van der Waals surface area contributed by atoms with Crippen LogP contribution in [0.4, 0.5) is 16.3 Å². The van der Waals surface area contributed by atoms with E-state index in [1.54, 1.807) is 12.1 Å². The first-order valence-electron chi connectivity index (χ1n) is 9.93. The first kappa shape index (κ1) is 22.0. The lowest BCUT2D eigenvalue weighted by molar-refractivity contribution is -0.00554. The molecule has 0 aromatic carbocycles. The van der Waals surface area contributed by atoms with Gasteiger partial charge in [-0.2, -0.15) is 5.10 Å². The number of aromatic nitrogens is 3. The molecule has 2 N–H and O–H groups in total. The molecule has 9 nitrogen and oxygen atoms in total. The highest BCUT2D eigenvalue weighted by Crippen LogP contribution is 2.22. The van der Waals surface area contributed by atoms with Crippen LogP contribution in [0.25, 0.3) is 0 Å². The van der Waals surface area contributed by atoms with Crippen molar-refractivity contribution in [2.24, 2.45) is 0 Å². The van der Waals surface area contributed by atoms with E-state index in [1.165, 1.54) is 0 Å². The topological polar surface area (TPSA) is 102 Å². The van der Waals surface area contributed by atoms with Crippen molar-refractivity contribution in [3.63, 3.8) is 0 Å². The zero-order valence-corrected chi connectivity index (χ0v) is 18.4. The van der Waals surface area contributed by atoms with Crippen molar-refractivity contribution in [1.29, 1.82) is 0 Å². The molecule has 2 unspecified atom stereocenters. The Balaban J connectivity index is 1.58. The number of nitrogens with zero attached hydrogens (tertiary/aromatic N) is 4. The normalized spacial score (nSPS) is 18.8. The van der Waals surface area contributed by atoms with Crippen LogP contribution in [-0.2, 0) is 11.3 Å². The lowest BCUT2D eigenvalue weighted by Gasteiger charge is -2.36. The molecule has 3 heterocycles. The highest BCUT2D eigenvalue weighted by atomic mass is 35.5. The second kappa shape index (κ2) is 9.90. The molecule has 3 rings (SSSR count). The van der Waals surface area contributed by atoms with Crippen LogP contribution < -0.4 is 20.3 Å². The van der Waals surface area contributed by atoms with Gasteiger partial charge in [-0.25, -0.2) is 9.78 Å². The molecular weight excluding hydrogens is 408 g/mol. The zero-order chi connectivity index (χ0) is 21.7. The van der Waals surface area contributed by atoms with Crippen molar-refractivity contribution in [3.05, 3.63) is 34.6 Å². The van der Waals surface area contributed by atoms with Crippen molar-refractivity contribution < 1.29 is 14.3 Å². The van der Waals surface area contributed by atoms with Crippen molar-refractivity contribution in [2.45, 2.75) is 46.4 Å². The van der Waals surface area contributed by atoms with Crippen LogP contribution in [0.15, 0.2) is 18.2 Å². The monoisotopic (exact) mass is 434 g/mol. The van der Waals surface area contributed by atoms with Gasteiger partial charge in [0.15, 0.2) is 5.82 Å². The number of aryl methyl sites for hydroxylation is 1. The first-order chi connectivity index (χ1) is 14.3. The average molecular weight is 435 g/mol. The summed E-state index contributed by atoms with van der Waals surface area (Å²) in [5, 5.41) is 14.4. The number of rotatable bonds is 6. The number of morpholine rings is 1. The van der Waals surface area contributed by atoms with Crippen LogP contribution in [0.5, 0.6) is 5.88 Å². The van der Waals surface area contributed by atoms with Crippen LogP contribution in [0, 0.1) is 6.92 Å². The predicted octanol–water partition coefficient (Wildman–Crippen LogP) is 3.17. The Morgan fingerprint density at radius 3 is 2.67 bits per heavy atom. The number of anilines is 2. The molecule has 30 heavy (non-hydrogen) atoms. The van der Waals surface area contributed by atoms with E-state index >= 15 is 0 Å². The number of hydrogen-bond donors (Lipinski definition) is 2. The molecule has 1 fully saturated rings. The minimum atomic E-state index is -0.390. The number of carbonyl (C=O) groups excluding carboxylic acids is 1. The summed E-state index contributed by atoms with van der Waals surface area (Å²) < 4.78 is 11.1. The van der Waals surface area contributed by atoms with E-state index in [4.69, 9.17) is 21.1 Å². The molecule has 1 aliphatic rings. The molecule has 1 saturated heterocycles. The summed E-state index contributed by atoms with van der Waals surface area (Å²) in [6.07, 6.45) is 0.287. The molecule has 162 valence electrons. The molecule has 2 amide bonds. The summed E-state index contributed by atoms with van der Waals surface area (Å²) in [5.41, 5.74) is 2.17. The smallest absolute Gasteiger partial charge is 0.319 e. The van der Waals surface area contributed by atoms with E-state index in [1.807, 2.05) is 19.9 Å². The Morgan fingerprint density at radius 1 is 1.27 bits per heavy atom. The number of halogens is 1. The summed E-state index contributed by atoms with van der Waals surface area (Å²) in [7, 11) is 0. The van der Waals surface area contributed by atoms with Gasteiger partial charge in [0.1, 0.15) is 5.15 Å². The zero-order valence-electron chi connectivity index (χ0n) is 17.6. The van der Waals surface area contributed by atoms with Crippen LogP contribution in [0.1, 0.15) is 32.0 Å². The molecule has 1 aliphatic heterocycles. The van der Waals surface area contributed by atoms with Gasteiger partial charge >= 0.3 is 6.03 Å². The molecule has 10 heteroatoms. The molecule has 0 saturated carbocycles. The largest absolute Gasteiger partial charge is 0.478 e. The number of hydrogen-bond acceptors (Lipinski definition) is 7. The number of amides is 2. The number of carbonyl (C=O) groups is 1. The van der Waals surface area contributed by atoms with Gasteiger partial charge in [0.25, 0.3) is 0 Å². The van der Waals surface area contributed by atoms with Gasteiger partial charge in [0.05, 0.1) is 36.7 Å². The Morgan fingerprint density at radius 2 is 2.00 bits per heavy atom. The summed E-state index contributed by atoms with van der Waals surface area (Å²) >= 11 is 5.96.